The van der Waals surface area contributed by atoms with Crippen LogP contribution in [0.3, 0.4) is 0 Å². The van der Waals surface area contributed by atoms with Crippen LogP contribution in [0.25, 0.3) is 23.1 Å². The van der Waals surface area contributed by atoms with Gasteiger partial charge in [0, 0.05) is 41.4 Å². The van der Waals surface area contributed by atoms with E-state index < -0.39 is 5.54 Å². The zero-order chi connectivity index (χ0) is 28.0. The van der Waals surface area contributed by atoms with E-state index in [-0.39, 0.29) is 18.4 Å². The molecule has 0 radical (unpaired) electrons. The highest BCUT2D eigenvalue weighted by Crippen LogP contribution is 2.22. The summed E-state index contributed by atoms with van der Waals surface area (Å²) in [6, 6.07) is 20.7. The number of pyridine rings is 2. The van der Waals surface area contributed by atoms with E-state index in [1.165, 1.54) is 0 Å². The fraction of sp³-hybridized carbons (Fsp3) is 0.273. The van der Waals surface area contributed by atoms with Gasteiger partial charge in [-0.3, -0.25) is 14.6 Å². The van der Waals surface area contributed by atoms with Crippen LogP contribution < -0.4 is 30.5 Å². The quantitative estimate of drug-likeness (QED) is 0.302. The van der Waals surface area contributed by atoms with Crippen LogP contribution in [0.5, 0.6) is 5.75 Å². The van der Waals surface area contributed by atoms with E-state index >= 15 is 0 Å². The topological polar surface area (TPSA) is 84.2 Å². The molecular formula is C33H35N4O3+. The lowest BCUT2D eigenvalue weighted by Gasteiger charge is -2.32. The average molecular weight is 536 g/mol. The van der Waals surface area contributed by atoms with E-state index in [9.17, 15) is 9.59 Å². The van der Waals surface area contributed by atoms with Crippen molar-refractivity contribution in [3.8, 4) is 5.75 Å². The van der Waals surface area contributed by atoms with Gasteiger partial charge < -0.3 is 15.4 Å². The lowest BCUT2D eigenvalue weighted by Crippen LogP contribution is -2.52. The number of aromatic nitrogens is 2. The highest BCUT2D eigenvalue weighted by molar-refractivity contribution is 6.05. The number of ether oxygens (including phenoxy) is 1. The van der Waals surface area contributed by atoms with Crippen LogP contribution in [0.15, 0.2) is 79.1 Å². The Morgan fingerprint density at radius 1 is 1.02 bits per heavy atom. The van der Waals surface area contributed by atoms with Crippen LogP contribution in [0, 0.1) is 0 Å². The summed E-state index contributed by atoms with van der Waals surface area (Å²) in [7, 11) is 0. The smallest absolute Gasteiger partial charge is 0.258 e. The third kappa shape index (κ3) is 6.20. The van der Waals surface area contributed by atoms with E-state index in [2.05, 4.69) is 52.4 Å². The number of anilines is 1. The van der Waals surface area contributed by atoms with Crippen LogP contribution >= 0.6 is 0 Å². The number of aryl methyl sites for hydroxylation is 1. The number of nitrogens with zero attached hydrogens (tertiary/aromatic N) is 2. The lowest BCUT2D eigenvalue weighted by atomic mass is 9.86. The second-order valence-electron chi connectivity index (χ2n) is 10.2. The lowest BCUT2D eigenvalue weighted by molar-refractivity contribution is -0.671. The number of benzene rings is 2. The Labute approximate surface area is 234 Å². The van der Waals surface area contributed by atoms with Gasteiger partial charge >= 0.3 is 0 Å². The third-order valence-electron chi connectivity index (χ3n) is 7.13. The first kappa shape index (κ1) is 27.1. The van der Waals surface area contributed by atoms with Gasteiger partial charge in [0.2, 0.25) is 5.52 Å². The van der Waals surface area contributed by atoms with Crippen LogP contribution in [0.2, 0.25) is 0 Å². The van der Waals surface area contributed by atoms with Gasteiger partial charge in [0.25, 0.3) is 11.8 Å². The van der Waals surface area contributed by atoms with Crippen molar-refractivity contribution in [2.45, 2.75) is 51.6 Å². The fourth-order valence-corrected chi connectivity index (χ4v) is 5.29. The SMILES string of the molecule is CCC[n+]1cccc2cc(NC(=O)c3ccc(OCC(=O)NC4(CCC)C=c5cccnc5=CC4)cc3)ccc21. The number of hydrogen-bond acceptors (Lipinski definition) is 4. The molecule has 1 aliphatic rings. The molecule has 0 bridgehead atoms. The molecule has 7 heteroatoms. The van der Waals surface area contributed by atoms with Crippen LogP contribution in [0.1, 0.15) is 49.9 Å². The van der Waals surface area contributed by atoms with Crippen molar-refractivity contribution < 1.29 is 18.9 Å². The molecule has 0 saturated carbocycles. The van der Waals surface area contributed by atoms with Gasteiger partial charge in [-0.05, 0) is 72.7 Å². The van der Waals surface area contributed by atoms with E-state index in [1.54, 1.807) is 30.5 Å². The predicted octanol–water partition coefficient (Wildman–Crippen LogP) is 3.88. The Morgan fingerprint density at radius 3 is 2.67 bits per heavy atom. The Morgan fingerprint density at radius 2 is 1.88 bits per heavy atom. The molecule has 204 valence electrons. The Hall–Kier alpha value is -4.52. The van der Waals surface area contributed by atoms with Crippen molar-refractivity contribution in [1.82, 2.24) is 10.3 Å². The molecule has 2 aromatic heterocycles. The van der Waals surface area contributed by atoms with Crippen molar-refractivity contribution in [2.24, 2.45) is 0 Å². The van der Waals surface area contributed by atoms with E-state index in [0.29, 0.717) is 17.7 Å². The number of hydrogen-bond donors (Lipinski definition) is 2. The molecule has 2 amide bonds. The number of rotatable bonds is 10. The minimum absolute atomic E-state index is 0.111. The Bertz CT molecular complexity index is 1650. The van der Waals surface area contributed by atoms with Crippen molar-refractivity contribution in [3.63, 3.8) is 0 Å². The first-order chi connectivity index (χ1) is 19.5. The number of nitrogens with one attached hydrogen (secondary N) is 2. The van der Waals surface area contributed by atoms with Gasteiger partial charge in [-0.25, -0.2) is 0 Å². The summed E-state index contributed by atoms with van der Waals surface area (Å²) >= 11 is 0. The highest BCUT2D eigenvalue weighted by atomic mass is 16.5. The van der Waals surface area contributed by atoms with Crippen molar-refractivity contribution in [2.75, 3.05) is 11.9 Å². The minimum atomic E-state index is -0.452. The molecule has 0 aliphatic heterocycles. The van der Waals surface area contributed by atoms with Gasteiger partial charge in [0.1, 0.15) is 12.3 Å². The summed E-state index contributed by atoms with van der Waals surface area (Å²) in [6.07, 6.45) is 11.5. The zero-order valence-corrected chi connectivity index (χ0v) is 23.0. The van der Waals surface area contributed by atoms with E-state index in [0.717, 1.165) is 53.0 Å². The van der Waals surface area contributed by atoms with Gasteiger partial charge in [0.15, 0.2) is 12.8 Å². The Balaban J connectivity index is 1.19. The predicted molar refractivity (Wildman–Crippen MR) is 157 cm³/mol. The van der Waals surface area contributed by atoms with Crippen molar-refractivity contribution >= 4 is 40.6 Å². The summed E-state index contributed by atoms with van der Waals surface area (Å²) in [4.78, 5) is 30.1. The first-order valence-corrected chi connectivity index (χ1v) is 13.9. The summed E-state index contributed by atoms with van der Waals surface area (Å²) in [5.41, 5.74) is 1.92. The molecule has 2 aromatic carbocycles. The monoisotopic (exact) mass is 535 g/mol. The standard InChI is InChI=1S/C33H34N4O3/c1-3-16-33(17-15-29-26(22-33)7-5-18-34-29)36-31(38)23-40-28-12-9-24(10-13-28)32(39)35-27-11-14-30-25(21-27)8-6-20-37(30)19-4-2/h5-15,18,20-22H,3-4,16-17,19,23H2,1-2H3,(H-,35,36,38,39)/p+1. The van der Waals surface area contributed by atoms with Crippen LogP contribution in [0.4, 0.5) is 5.69 Å². The van der Waals surface area contributed by atoms with Gasteiger partial charge in [0.05, 0.1) is 10.9 Å². The molecule has 0 saturated heterocycles. The number of carbonyl (C=O) groups excluding carboxylic acids is 2. The normalized spacial score (nSPS) is 15.8. The molecular weight excluding hydrogens is 500 g/mol. The molecule has 1 unspecified atom stereocenters. The molecule has 4 aromatic rings. The minimum Gasteiger partial charge on any atom is -0.484 e. The number of carbonyl (C=O) groups is 2. The molecule has 0 spiro atoms. The molecule has 5 rings (SSSR count). The molecule has 2 N–H and O–H groups in total. The van der Waals surface area contributed by atoms with Gasteiger partial charge in [-0.15, -0.1) is 0 Å². The number of amides is 2. The largest absolute Gasteiger partial charge is 0.484 e. The summed E-state index contributed by atoms with van der Waals surface area (Å²) in [6.45, 7) is 5.10. The summed E-state index contributed by atoms with van der Waals surface area (Å²) < 4.78 is 7.97. The average Bonchev–Trinajstić information content (AvgIpc) is 2.96. The molecule has 1 atom stereocenters. The summed E-state index contributed by atoms with van der Waals surface area (Å²) in [5, 5.41) is 9.20. The molecule has 1 aliphatic carbocycles. The molecule has 0 fully saturated rings. The molecule has 2 heterocycles. The van der Waals surface area contributed by atoms with E-state index in [1.807, 2.05) is 42.5 Å². The second-order valence-corrected chi connectivity index (χ2v) is 10.2. The maximum absolute atomic E-state index is 12.9. The number of fused-ring (bicyclic) bond motifs is 2. The molecule has 7 nitrogen and oxygen atoms in total. The van der Waals surface area contributed by atoms with Gasteiger partial charge in [-0.2, -0.15) is 4.57 Å². The third-order valence-corrected chi connectivity index (χ3v) is 7.13. The van der Waals surface area contributed by atoms with Crippen molar-refractivity contribution in [1.29, 1.82) is 0 Å². The fourth-order valence-electron chi connectivity index (χ4n) is 5.29. The highest BCUT2D eigenvalue weighted by Gasteiger charge is 2.29. The second kappa shape index (κ2) is 12.1. The maximum Gasteiger partial charge on any atom is 0.258 e. The van der Waals surface area contributed by atoms with E-state index in [4.69, 9.17) is 4.74 Å². The Kier molecular flexibility index (Phi) is 8.20. The molecule has 40 heavy (non-hydrogen) atoms. The van der Waals surface area contributed by atoms with Crippen LogP contribution in [-0.2, 0) is 11.3 Å². The maximum atomic E-state index is 12.9. The summed E-state index contributed by atoms with van der Waals surface area (Å²) in [5.74, 6) is 0.126. The van der Waals surface area contributed by atoms with Crippen LogP contribution in [-0.4, -0.2) is 28.9 Å². The first-order valence-electron chi connectivity index (χ1n) is 13.9. The van der Waals surface area contributed by atoms with Crippen molar-refractivity contribution in [3.05, 3.63) is 95.3 Å². The zero-order valence-electron chi connectivity index (χ0n) is 23.0. The van der Waals surface area contributed by atoms with Gasteiger partial charge in [-0.1, -0.05) is 32.4 Å².